The van der Waals surface area contributed by atoms with Crippen LogP contribution in [0.2, 0.25) is 0 Å². The van der Waals surface area contributed by atoms with Gasteiger partial charge in [-0.1, -0.05) is 42.5 Å². The van der Waals surface area contributed by atoms with Crippen molar-refractivity contribution in [2.45, 2.75) is 24.8 Å². The molecule has 0 unspecified atom stereocenters. The Morgan fingerprint density at radius 2 is 1.92 bits per heavy atom. The fraction of sp³-hybridized carbons (Fsp3) is 0.318. The van der Waals surface area contributed by atoms with Crippen molar-refractivity contribution in [2.24, 2.45) is 5.73 Å². The van der Waals surface area contributed by atoms with Crippen LogP contribution in [0.3, 0.4) is 0 Å². The first-order chi connectivity index (χ1) is 12.7. The fourth-order valence-corrected chi connectivity index (χ4v) is 3.94. The zero-order chi connectivity index (χ0) is 18.0. The highest BCUT2D eigenvalue weighted by Gasteiger charge is 2.43. The van der Waals surface area contributed by atoms with Gasteiger partial charge in [0.15, 0.2) is 0 Å². The molecule has 0 aliphatic carbocycles. The summed E-state index contributed by atoms with van der Waals surface area (Å²) < 4.78 is 5.93. The predicted octanol–water partition coefficient (Wildman–Crippen LogP) is 3.11. The van der Waals surface area contributed by atoms with Gasteiger partial charge in [0.05, 0.1) is 6.61 Å². The Kier molecular flexibility index (Phi) is 4.51. The maximum atomic E-state index is 12.5. The molecule has 2 N–H and O–H groups in total. The van der Waals surface area contributed by atoms with Crippen molar-refractivity contribution in [1.29, 1.82) is 0 Å². The first-order valence-electron chi connectivity index (χ1n) is 9.18. The van der Waals surface area contributed by atoms with Gasteiger partial charge in [0, 0.05) is 36.7 Å². The Morgan fingerprint density at radius 1 is 1.15 bits per heavy atom. The molecule has 2 aliphatic heterocycles. The molecule has 1 saturated heterocycles. The van der Waals surface area contributed by atoms with E-state index in [1.807, 2.05) is 53.4 Å². The molecule has 0 atom stereocenters. The van der Waals surface area contributed by atoms with Gasteiger partial charge in [-0.25, -0.2) is 0 Å². The Labute approximate surface area is 154 Å². The van der Waals surface area contributed by atoms with E-state index in [0.717, 1.165) is 42.8 Å². The van der Waals surface area contributed by atoms with Gasteiger partial charge in [-0.15, -0.1) is 0 Å². The molecule has 0 bridgehead atoms. The summed E-state index contributed by atoms with van der Waals surface area (Å²) in [5.74, 6) is 1.06. The Bertz CT molecular complexity index is 821. The van der Waals surface area contributed by atoms with Gasteiger partial charge in [-0.05, 0) is 36.1 Å². The summed E-state index contributed by atoms with van der Waals surface area (Å²) in [6.45, 7) is 2.76. The minimum absolute atomic E-state index is 0.0282. The monoisotopic (exact) mass is 348 g/mol. The standard InChI is InChI=1S/C22H24N2O2/c23-15-18-6-8-20-19(14-18)22(16-26-20)10-12-24(13-11-22)21(25)9-7-17-4-2-1-3-5-17/h1-9,14H,10-13,15-16,23H2/b9-7+. The Morgan fingerprint density at radius 3 is 2.65 bits per heavy atom. The van der Waals surface area contributed by atoms with Crippen LogP contribution in [-0.4, -0.2) is 30.5 Å². The van der Waals surface area contributed by atoms with Gasteiger partial charge in [0.2, 0.25) is 5.91 Å². The molecule has 2 heterocycles. The zero-order valence-electron chi connectivity index (χ0n) is 14.9. The van der Waals surface area contributed by atoms with E-state index in [9.17, 15) is 4.79 Å². The van der Waals surface area contributed by atoms with Gasteiger partial charge < -0.3 is 15.4 Å². The topological polar surface area (TPSA) is 55.6 Å². The second-order valence-corrected chi connectivity index (χ2v) is 7.17. The molecule has 1 amide bonds. The minimum Gasteiger partial charge on any atom is -0.492 e. The number of carbonyl (C=O) groups excluding carboxylic acids is 1. The van der Waals surface area contributed by atoms with E-state index in [1.165, 1.54) is 5.56 Å². The lowest BCUT2D eigenvalue weighted by molar-refractivity contribution is -0.127. The lowest BCUT2D eigenvalue weighted by Gasteiger charge is -2.38. The summed E-state index contributed by atoms with van der Waals surface area (Å²) in [6, 6.07) is 16.2. The number of nitrogens with two attached hydrogens (primary N) is 1. The molecule has 26 heavy (non-hydrogen) atoms. The van der Waals surface area contributed by atoms with Crippen LogP contribution in [0.5, 0.6) is 5.75 Å². The Hall–Kier alpha value is -2.59. The number of carbonyl (C=O) groups is 1. The average molecular weight is 348 g/mol. The molecule has 4 nitrogen and oxygen atoms in total. The van der Waals surface area contributed by atoms with E-state index < -0.39 is 0 Å². The van der Waals surface area contributed by atoms with Crippen molar-refractivity contribution in [1.82, 2.24) is 4.90 Å². The quantitative estimate of drug-likeness (QED) is 0.867. The number of hydrogen-bond donors (Lipinski definition) is 1. The normalized spacial score (nSPS) is 18.1. The highest BCUT2D eigenvalue weighted by molar-refractivity contribution is 5.91. The molecule has 2 aromatic carbocycles. The molecule has 134 valence electrons. The summed E-state index contributed by atoms with van der Waals surface area (Å²) in [4.78, 5) is 14.5. The molecular weight excluding hydrogens is 324 g/mol. The lowest BCUT2D eigenvalue weighted by atomic mass is 9.74. The smallest absolute Gasteiger partial charge is 0.246 e. The van der Waals surface area contributed by atoms with Crippen molar-refractivity contribution in [3.63, 3.8) is 0 Å². The number of piperidine rings is 1. The third kappa shape index (κ3) is 3.13. The highest BCUT2D eigenvalue weighted by atomic mass is 16.5. The number of benzene rings is 2. The van der Waals surface area contributed by atoms with E-state index in [-0.39, 0.29) is 11.3 Å². The van der Waals surface area contributed by atoms with E-state index in [1.54, 1.807) is 6.08 Å². The first-order valence-corrected chi connectivity index (χ1v) is 9.18. The van der Waals surface area contributed by atoms with Crippen molar-refractivity contribution in [3.05, 3.63) is 71.3 Å². The summed E-state index contributed by atoms with van der Waals surface area (Å²) >= 11 is 0. The van der Waals surface area contributed by atoms with Crippen molar-refractivity contribution < 1.29 is 9.53 Å². The number of rotatable bonds is 3. The van der Waals surface area contributed by atoms with E-state index >= 15 is 0 Å². The minimum atomic E-state index is 0.0282. The number of ether oxygens (including phenoxy) is 1. The number of likely N-dealkylation sites (tertiary alicyclic amines) is 1. The van der Waals surface area contributed by atoms with Gasteiger partial charge in [0.25, 0.3) is 0 Å². The van der Waals surface area contributed by atoms with Crippen LogP contribution in [0.1, 0.15) is 29.5 Å². The zero-order valence-corrected chi connectivity index (χ0v) is 14.9. The van der Waals surface area contributed by atoms with E-state index in [2.05, 4.69) is 6.07 Å². The summed E-state index contributed by atoms with van der Waals surface area (Å²) in [6.07, 6.45) is 5.42. The molecular formula is C22H24N2O2. The van der Waals surface area contributed by atoms with Gasteiger partial charge >= 0.3 is 0 Å². The predicted molar refractivity (Wildman–Crippen MR) is 103 cm³/mol. The van der Waals surface area contributed by atoms with Crippen LogP contribution in [0.15, 0.2) is 54.6 Å². The van der Waals surface area contributed by atoms with Crippen molar-refractivity contribution in [3.8, 4) is 5.75 Å². The van der Waals surface area contributed by atoms with Crippen LogP contribution in [0.4, 0.5) is 0 Å². The number of amides is 1. The molecule has 0 aromatic heterocycles. The van der Waals surface area contributed by atoms with Gasteiger partial charge in [-0.3, -0.25) is 4.79 Å². The largest absolute Gasteiger partial charge is 0.492 e. The highest BCUT2D eigenvalue weighted by Crippen LogP contribution is 2.45. The molecule has 4 rings (SSSR count). The first kappa shape index (κ1) is 16.9. The number of fused-ring (bicyclic) bond motifs is 2. The van der Waals surface area contributed by atoms with Crippen LogP contribution in [0, 0.1) is 0 Å². The summed E-state index contributed by atoms with van der Waals surface area (Å²) in [7, 11) is 0. The van der Waals surface area contributed by atoms with Crippen LogP contribution >= 0.6 is 0 Å². The second-order valence-electron chi connectivity index (χ2n) is 7.17. The van der Waals surface area contributed by atoms with Crippen LogP contribution < -0.4 is 10.5 Å². The Balaban J connectivity index is 1.44. The van der Waals surface area contributed by atoms with Crippen LogP contribution in [0.25, 0.3) is 6.08 Å². The second kappa shape index (κ2) is 6.96. The SMILES string of the molecule is NCc1ccc2c(c1)C1(CCN(C(=O)/C=C/c3ccccc3)CC1)CO2. The number of hydrogen-bond acceptors (Lipinski definition) is 3. The molecule has 4 heteroatoms. The summed E-state index contributed by atoms with van der Waals surface area (Å²) in [5, 5.41) is 0. The summed E-state index contributed by atoms with van der Waals surface area (Å²) in [5.41, 5.74) is 9.28. The molecule has 1 fully saturated rings. The lowest BCUT2D eigenvalue weighted by Crippen LogP contribution is -2.45. The van der Waals surface area contributed by atoms with Gasteiger partial charge in [-0.2, -0.15) is 0 Å². The molecule has 0 radical (unpaired) electrons. The average Bonchev–Trinajstić information content (AvgIpc) is 3.05. The maximum Gasteiger partial charge on any atom is 0.246 e. The van der Waals surface area contributed by atoms with Crippen molar-refractivity contribution >= 4 is 12.0 Å². The maximum absolute atomic E-state index is 12.5. The third-order valence-electron chi connectivity index (χ3n) is 5.61. The third-order valence-corrected chi connectivity index (χ3v) is 5.61. The molecule has 0 saturated carbocycles. The fourth-order valence-electron chi connectivity index (χ4n) is 3.94. The van der Waals surface area contributed by atoms with E-state index in [0.29, 0.717) is 13.2 Å². The van der Waals surface area contributed by atoms with Gasteiger partial charge in [0.1, 0.15) is 5.75 Å². The van der Waals surface area contributed by atoms with Crippen molar-refractivity contribution in [2.75, 3.05) is 19.7 Å². The number of nitrogens with zero attached hydrogens (tertiary/aromatic N) is 1. The van der Waals surface area contributed by atoms with Crippen LogP contribution in [-0.2, 0) is 16.8 Å². The molecule has 1 spiro atoms. The molecule has 2 aliphatic rings. The van der Waals surface area contributed by atoms with E-state index in [4.69, 9.17) is 10.5 Å². The molecule has 2 aromatic rings.